The molecular formula is C15H18N2O5S. The fourth-order valence-electron chi connectivity index (χ4n) is 2.23. The molecule has 1 heterocycles. The van der Waals surface area contributed by atoms with Crippen LogP contribution < -0.4 is 4.18 Å². The van der Waals surface area contributed by atoms with E-state index < -0.39 is 16.1 Å². The van der Waals surface area contributed by atoms with Crippen molar-refractivity contribution in [2.75, 3.05) is 13.4 Å². The van der Waals surface area contributed by atoms with Gasteiger partial charge >= 0.3 is 16.1 Å². The molecule has 0 aliphatic heterocycles. The van der Waals surface area contributed by atoms with Crippen molar-refractivity contribution in [3.63, 3.8) is 0 Å². The predicted octanol–water partition coefficient (Wildman–Crippen LogP) is 1.67. The molecule has 1 aromatic heterocycles. The van der Waals surface area contributed by atoms with E-state index in [9.17, 15) is 13.2 Å². The molecule has 23 heavy (non-hydrogen) atoms. The maximum Gasteiger partial charge on any atom is 0.356 e. The third-order valence-corrected chi connectivity index (χ3v) is 3.81. The molecule has 0 radical (unpaired) electrons. The number of esters is 1. The van der Waals surface area contributed by atoms with Gasteiger partial charge in [0.25, 0.3) is 5.88 Å². The number of hydrogen-bond acceptors (Lipinski definition) is 6. The van der Waals surface area contributed by atoms with Crippen molar-refractivity contribution in [1.29, 1.82) is 0 Å². The van der Waals surface area contributed by atoms with E-state index in [1.165, 1.54) is 17.9 Å². The summed E-state index contributed by atoms with van der Waals surface area (Å²) < 4.78 is 33.3. The van der Waals surface area contributed by atoms with E-state index >= 15 is 0 Å². The number of ether oxygens (including phenoxy) is 1. The zero-order valence-corrected chi connectivity index (χ0v) is 14.2. The van der Waals surface area contributed by atoms with Crippen LogP contribution in [0.1, 0.15) is 27.2 Å². The zero-order valence-electron chi connectivity index (χ0n) is 13.4. The first-order valence-corrected chi connectivity index (χ1v) is 8.63. The van der Waals surface area contributed by atoms with Gasteiger partial charge in [0.2, 0.25) is 0 Å². The Bertz CT molecular complexity index is 819. The number of nitrogens with zero attached hydrogens (tertiary/aromatic N) is 2. The van der Waals surface area contributed by atoms with E-state index in [-0.39, 0.29) is 11.6 Å². The summed E-state index contributed by atoms with van der Waals surface area (Å²) in [6, 6.07) is 7.10. The van der Waals surface area contributed by atoms with Crippen LogP contribution in [0.5, 0.6) is 5.88 Å². The lowest BCUT2D eigenvalue weighted by atomic mass is 10.0. The monoisotopic (exact) mass is 338 g/mol. The maximum absolute atomic E-state index is 11.9. The van der Waals surface area contributed by atoms with Crippen molar-refractivity contribution in [3.05, 3.63) is 46.6 Å². The molecule has 0 aliphatic rings. The molecule has 2 rings (SSSR count). The average molecular weight is 338 g/mol. The minimum Gasteiger partial charge on any atom is -0.464 e. The lowest BCUT2D eigenvalue weighted by Crippen LogP contribution is -2.14. The van der Waals surface area contributed by atoms with Crippen LogP contribution >= 0.6 is 0 Å². The fourth-order valence-corrected chi connectivity index (χ4v) is 2.62. The highest BCUT2D eigenvalue weighted by Crippen LogP contribution is 2.19. The SMILES string of the molecule is COC(=O)c1cc(OS(C)(=O)=O)nn1Cc1c(C)cccc1C. The van der Waals surface area contributed by atoms with E-state index in [1.54, 1.807) is 0 Å². The topological polar surface area (TPSA) is 87.5 Å². The smallest absolute Gasteiger partial charge is 0.356 e. The highest BCUT2D eigenvalue weighted by molar-refractivity contribution is 7.86. The quantitative estimate of drug-likeness (QED) is 0.609. The van der Waals surface area contributed by atoms with Crippen molar-refractivity contribution in [2.45, 2.75) is 20.4 Å². The number of benzene rings is 1. The molecule has 124 valence electrons. The molecule has 0 atom stereocenters. The van der Waals surface area contributed by atoms with Crippen molar-refractivity contribution < 1.29 is 22.1 Å². The second-order valence-corrected chi connectivity index (χ2v) is 6.75. The summed E-state index contributed by atoms with van der Waals surface area (Å²) in [6.45, 7) is 4.21. The summed E-state index contributed by atoms with van der Waals surface area (Å²) in [5.41, 5.74) is 3.20. The van der Waals surface area contributed by atoms with Gasteiger partial charge in [-0.15, -0.1) is 5.10 Å². The number of rotatable bonds is 5. The first-order chi connectivity index (χ1) is 10.7. The number of carbonyl (C=O) groups excluding carboxylic acids is 1. The molecule has 0 aliphatic carbocycles. The molecule has 0 fully saturated rings. The molecule has 8 heteroatoms. The molecule has 0 saturated carbocycles. The number of carbonyl (C=O) groups is 1. The molecule has 0 N–H and O–H groups in total. The Balaban J connectivity index is 2.46. The number of methoxy groups -OCH3 is 1. The van der Waals surface area contributed by atoms with E-state index in [2.05, 4.69) is 5.10 Å². The second-order valence-electron chi connectivity index (χ2n) is 5.17. The largest absolute Gasteiger partial charge is 0.464 e. The third-order valence-electron chi connectivity index (χ3n) is 3.34. The van der Waals surface area contributed by atoms with Crippen LogP contribution in [0.2, 0.25) is 0 Å². The van der Waals surface area contributed by atoms with E-state index in [1.807, 2.05) is 32.0 Å². The summed E-state index contributed by atoms with van der Waals surface area (Å²) in [7, 11) is -2.48. The van der Waals surface area contributed by atoms with Gasteiger partial charge in [0.15, 0.2) is 5.69 Å². The lowest BCUT2D eigenvalue weighted by Gasteiger charge is -2.11. The Labute approximate surface area is 135 Å². The van der Waals surface area contributed by atoms with Gasteiger partial charge in [0.1, 0.15) is 0 Å². The minimum atomic E-state index is -3.73. The van der Waals surface area contributed by atoms with Gasteiger partial charge in [0.05, 0.1) is 19.9 Å². The molecular weight excluding hydrogens is 320 g/mol. The third kappa shape index (κ3) is 4.10. The fraction of sp³-hybridized carbons (Fsp3) is 0.333. The number of aryl methyl sites for hydroxylation is 2. The van der Waals surface area contributed by atoms with E-state index in [4.69, 9.17) is 8.92 Å². The van der Waals surface area contributed by atoms with Crippen molar-refractivity contribution in [1.82, 2.24) is 9.78 Å². The second kappa shape index (κ2) is 6.41. The van der Waals surface area contributed by atoms with Gasteiger partial charge in [-0.2, -0.15) is 8.42 Å². The summed E-state index contributed by atoms with van der Waals surface area (Å²) >= 11 is 0. The van der Waals surface area contributed by atoms with Crippen LogP contribution in [0, 0.1) is 13.8 Å². The molecule has 2 aromatic rings. The Kier molecular flexibility index (Phi) is 4.74. The van der Waals surface area contributed by atoms with E-state index in [0.717, 1.165) is 22.9 Å². The van der Waals surface area contributed by atoms with Gasteiger partial charge in [-0.1, -0.05) is 18.2 Å². The first-order valence-electron chi connectivity index (χ1n) is 6.82. The summed E-state index contributed by atoms with van der Waals surface area (Å²) in [5.74, 6) is -0.786. The van der Waals surface area contributed by atoms with Gasteiger partial charge in [-0.25, -0.2) is 9.48 Å². The highest BCUT2D eigenvalue weighted by Gasteiger charge is 2.20. The van der Waals surface area contributed by atoms with Gasteiger partial charge in [-0.3, -0.25) is 0 Å². The zero-order chi connectivity index (χ0) is 17.2. The predicted molar refractivity (Wildman–Crippen MR) is 84.1 cm³/mol. The van der Waals surface area contributed by atoms with Crippen LogP contribution in [-0.2, 0) is 21.4 Å². The van der Waals surface area contributed by atoms with Gasteiger partial charge in [-0.05, 0) is 30.5 Å². The van der Waals surface area contributed by atoms with Crippen LogP contribution in [0.15, 0.2) is 24.3 Å². The van der Waals surface area contributed by atoms with Gasteiger partial charge in [0, 0.05) is 6.07 Å². The van der Waals surface area contributed by atoms with Crippen molar-refractivity contribution >= 4 is 16.1 Å². The highest BCUT2D eigenvalue weighted by atomic mass is 32.2. The molecule has 0 bridgehead atoms. The molecule has 7 nitrogen and oxygen atoms in total. The van der Waals surface area contributed by atoms with E-state index in [0.29, 0.717) is 6.54 Å². The van der Waals surface area contributed by atoms with Crippen LogP contribution in [0.4, 0.5) is 0 Å². The molecule has 0 unspecified atom stereocenters. The average Bonchev–Trinajstić information content (AvgIpc) is 2.82. The summed E-state index contributed by atoms with van der Waals surface area (Å²) in [6.07, 6.45) is 0.912. The van der Waals surface area contributed by atoms with Crippen LogP contribution in [-0.4, -0.2) is 37.5 Å². The van der Waals surface area contributed by atoms with Crippen molar-refractivity contribution in [2.24, 2.45) is 0 Å². The van der Waals surface area contributed by atoms with Crippen LogP contribution in [0.25, 0.3) is 0 Å². The number of hydrogen-bond donors (Lipinski definition) is 0. The molecule has 1 aromatic carbocycles. The van der Waals surface area contributed by atoms with Crippen LogP contribution in [0.3, 0.4) is 0 Å². The maximum atomic E-state index is 11.9. The molecule has 0 amide bonds. The molecule has 0 saturated heterocycles. The standard InChI is InChI=1S/C15H18N2O5S/c1-10-6-5-7-11(2)12(10)9-17-13(15(18)21-3)8-14(16-17)22-23(4,19)20/h5-8H,9H2,1-4H3. The number of aromatic nitrogens is 2. The molecule has 0 spiro atoms. The summed E-state index contributed by atoms with van der Waals surface area (Å²) in [4.78, 5) is 11.9. The Hall–Kier alpha value is -2.35. The Morgan fingerprint density at radius 3 is 2.39 bits per heavy atom. The lowest BCUT2D eigenvalue weighted by molar-refractivity contribution is 0.0587. The first kappa shape index (κ1) is 17.0. The Morgan fingerprint density at radius 2 is 1.87 bits per heavy atom. The van der Waals surface area contributed by atoms with Gasteiger partial charge < -0.3 is 8.92 Å². The minimum absolute atomic E-state index is 0.119. The normalized spacial score (nSPS) is 11.3. The van der Waals surface area contributed by atoms with Crippen molar-refractivity contribution in [3.8, 4) is 5.88 Å². The Morgan fingerprint density at radius 1 is 1.26 bits per heavy atom. The summed E-state index contributed by atoms with van der Waals surface area (Å²) in [5, 5.41) is 4.06.